The highest BCUT2D eigenvalue weighted by Crippen LogP contribution is 2.24. The molecule has 2 aromatic carbocycles. The maximum Gasteiger partial charge on any atom is 0.118 e. The van der Waals surface area contributed by atoms with Crippen molar-refractivity contribution in [2.75, 3.05) is 14.2 Å². The third-order valence-electron chi connectivity index (χ3n) is 3.81. The summed E-state index contributed by atoms with van der Waals surface area (Å²) >= 11 is 3.56. The second-order valence-electron chi connectivity index (χ2n) is 5.24. The Morgan fingerprint density at radius 3 is 2.43 bits per heavy atom. The van der Waals surface area contributed by atoms with Crippen LogP contribution in [-0.2, 0) is 6.42 Å². The lowest BCUT2D eigenvalue weighted by atomic mass is 9.98. The average molecular weight is 348 g/mol. The molecule has 0 radical (unpaired) electrons. The van der Waals surface area contributed by atoms with Gasteiger partial charge >= 0.3 is 0 Å². The highest BCUT2D eigenvalue weighted by molar-refractivity contribution is 9.10. The first-order valence-corrected chi connectivity index (χ1v) is 7.99. The van der Waals surface area contributed by atoms with Crippen molar-refractivity contribution in [2.45, 2.75) is 25.8 Å². The molecule has 1 N–H and O–H groups in total. The van der Waals surface area contributed by atoms with Crippen LogP contribution in [0.2, 0.25) is 0 Å². The van der Waals surface area contributed by atoms with Gasteiger partial charge in [0.25, 0.3) is 0 Å². The van der Waals surface area contributed by atoms with Crippen LogP contribution in [0.1, 0.15) is 29.2 Å². The number of hydrogen-bond donors (Lipinski definition) is 1. The van der Waals surface area contributed by atoms with Gasteiger partial charge in [0.05, 0.1) is 7.11 Å². The van der Waals surface area contributed by atoms with Crippen LogP contribution in [0, 0.1) is 6.92 Å². The van der Waals surface area contributed by atoms with Gasteiger partial charge in [0.15, 0.2) is 0 Å². The van der Waals surface area contributed by atoms with E-state index in [1.54, 1.807) is 7.11 Å². The molecule has 112 valence electrons. The minimum absolute atomic E-state index is 0.374. The molecule has 0 aromatic heterocycles. The SMILES string of the molecule is CNC(CCc1ccc(OC)cc1)c1ccc(Br)c(C)c1. The second-order valence-corrected chi connectivity index (χ2v) is 6.09. The topological polar surface area (TPSA) is 21.3 Å². The zero-order valence-electron chi connectivity index (χ0n) is 12.8. The predicted octanol–water partition coefficient (Wildman–Crippen LogP) is 4.66. The molecule has 0 bridgehead atoms. The Labute approximate surface area is 135 Å². The predicted molar refractivity (Wildman–Crippen MR) is 92.0 cm³/mol. The van der Waals surface area contributed by atoms with E-state index in [0.717, 1.165) is 23.1 Å². The highest BCUT2D eigenvalue weighted by atomic mass is 79.9. The summed E-state index contributed by atoms with van der Waals surface area (Å²) in [6.45, 7) is 2.13. The fraction of sp³-hybridized carbons (Fsp3) is 0.333. The second kappa shape index (κ2) is 7.62. The quantitative estimate of drug-likeness (QED) is 0.820. The van der Waals surface area contributed by atoms with Crippen LogP contribution in [0.4, 0.5) is 0 Å². The minimum atomic E-state index is 0.374. The van der Waals surface area contributed by atoms with Crippen LogP contribution in [0.5, 0.6) is 5.75 Å². The molecule has 21 heavy (non-hydrogen) atoms. The van der Waals surface area contributed by atoms with E-state index < -0.39 is 0 Å². The van der Waals surface area contributed by atoms with Gasteiger partial charge in [-0.2, -0.15) is 0 Å². The van der Waals surface area contributed by atoms with Gasteiger partial charge in [0.1, 0.15) is 5.75 Å². The van der Waals surface area contributed by atoms with Gasteiger partial charge in [0, 0.05) is 10.5 Å². The van der Waals surface area contributed by atoms with E-state index in [1.165, 1.54) is 16.7 Å². The van der Waals surface area contributed by atoms with Gasteiger partial charge in [0.2, 0.25) is 0 Å². The lowest BCUT2D eigenvalue weighted by Gasteiger charge is -2.18. The zero-order valence-corrected chi connectivity index (χ0v) is 14.4. The van der Waals surface area contributed by atoms with Crippen LogP contribution in [0.15, 0.2) is 46.9 Å². The molecule has 0 aliphatic carbocycles. The van der Waals surface area contributed by atoms with E-state index >= 15 is 0 Å². The van der Waals surface area contributed by atoms with E-state index in [2.05, 4.69) is 58.5 Å². The fourth-order valence-electron chi connectivity index (χ4n) is 2.47. The fourth-order valence-corrected chi connectivity index (χ4v) is 2.71. The summed E-state index contributed by atoms with van der Waals surface area (Å²) in [5, 5.41) is 3.42. The third-order valence-corrected chi connectivity index (χ3v) is 4.70. The Morgan fingerprint density at radius 2 is 1.86 bits per heavy atom. The maximum atomic E-state index is 5.19. The molecule has 0 saturated carbocycles. The van der Waals surface area contributed by atoms with Gasteiger partial charge < -0.3 is 10.1 Å². The third kappa shape index (κ3) is 4.32. The number of benzene rings is 2. The Kier molecular flexibility index (Phi) is 5.83. The van der Waals surface area contributed by atoms with E-state index in [0.29, 0.717) is 6.04 Å². The van der Waals surface area contributed by atoms with Crippen LogP contribution >= 0.6 is 15.9 Å². The Morgan fingerprint density at radius 1 is 1.14 bits per heavy atom. The van der Waals surface area contributed by atoms with Crippen molar-refractivity contribution in [3.63, 3.8) is 0 Å². The molecule has 1 unspecified atom stereocenters. The molecular weight excluding hydrogens is 326 g/mol. The standard InChI is InChI=1S/C18H22BrNO/c1-13-12-15(7-10-17(13)19)18(20-2)11-6-14-4-8-16(21-3)9-5-14/h4-5,7-10,12,18,20H,6,11H2,1-3H3. The van der Waals surface area contributed by atoms with Crippen molar-refractivity contribution in [3.05, 3.63) is 63.6 Å². The monoisotopic (exact) mass is 347 g/mol. The Hall–Kier alpha value is -1.32. The molecule has 0 aliphatic heterocycles. The largest absolute Gasteiger partial charge is 0.497 e. The van der Waals surface area contributed by atoms with Crippen molar-refractivity contribution in [1.29, 1.82) is 0 Å². The number of nitrogens with one attached hydrogen (secondary N) is 1. The molecule has 2 rings (SSSR count). The summed E-state index contributed by atoms with van der Waals surface area (Å²) in [5.74, 6) is 0.910. The van der Waals surface area contributed by atoms with Crippen molar-refractivity contribution in [3.8, 4) is 5.75 Å². The zero-order chi connectivity index (χ0) is 15.2. The van der Waals surface area contributed by atoms with Gasteiger partial charge in [-0.1, -0.05) is 40.2 Å². The number of aryl methyl sites for hydroxylation is 2. The molecule has 0 aliphatic rings. The van der Waals surface area contributed by atoms with Crippen LogP contribution < -0.4 is 10.1 Å². The van der Waals surface area contributed by atoms with Crippen LogP contribution in [0.3, 0.4) is 0 Å². The first kappa shape index (κ1) is 16.1. The molecule has 1 atom stereocenters. The molecule has 0 fully saturated rings. The molecular formula is C18H22BrNO. The molecule has 3 heteroatoms. The normalized spacial score (nSPS) is 12.2. The first-order chi connectivity index (χ1) is 10.1. The van der Waals surface area contributed by atoms with Crippen molar-refractivity contribution in [2.24, 2.45) is 0 Å². The molecule has 0 spiro atoms. The summed E-state index contributed by atoms with van der Waals surface area (Å²) in [4.78, 5) is 0. The van der Waals surface area contributed by atoms with Gasteiger partial charge in [-0.3, -0.25) is 0 Å². The summed E-state index contributed by atoms with van der Waals surface area (Å²) in [7, 11) is 3.72. The highest BCUT2D eigenvalue weighted by Gasteiger charge is 2.10. The lowest BCUT2D eigenvalue weighted by molar-refractivity contribution is 0.414. The van der Waals surface area contributed by atoms with E-state index in [4.69, 9.17) is 4.74 Å². The molecule has 0 amide bonds. The van der Waals surface area contributed by atoms with Gasteiger partial charge in [-0.05, 0) is 61.7 Å². The molecule has 2 aromatic rings. The van der Waals surface area contributed by atoms with E-state index in [9.17, 15) is 0 Å². The molecule has 0 saturated heterocycles. The minimum Gasteiger partial charge on any atom is -0.497 e. The van der Waals surface area contributed by atoms with E-state index in [1.807, 2.05) is 19.2 Å². The summed E-state index contributed by atoms with van der Waals surface area (Å²) in [6.07, 6.45) is 2.12. The summed E-state index contributed by atoms with van der Waals surface area (Å²) in [5.41, 5.74) is 3.95. The van der Waals surface area contributed by atoms with Gasteiger partial charge in [-0.15, -0.1) is 0 Å². The number of halogens is 1. The summed E-state index contributed by atoms with van der Waals surface area (Å²) < 4.78 is 6.36. The first-order valence-electron chi connectivity index (χ1n) is 7.20. The summed E-state index contributed by atoms with van der Waals surface area (Å²) in [6, 6.07) is 15.3. The number of hydrogen-bond acceptors (Lipinski definition) is 2. The van der Waals surface area contributed by atoms with Crippen molar-refractivity contribution >= 4 is 15.9 Å². The Bertz CT molecular complexity index is 580. The average Bonchev–Trinajstić information content (AvgIpc) is 2.52. The smallest absolute Gasteiger partial charge is 0.118 e. The van der Waals surface area contributed by atoms with Crippen LogP contribution in [-0.4, -0.2) is 14.2 Å². The molecule has 0 heterocycles. The number of rotatable bonds is 6. The number of ether oxygens (including phenoxy) is 1. The number of methoxy groups -OCH3 is 1. The van der Waals surface area contributed by atoms with E-state index in [-0.39, 0.29) is 0 Å². The van der Waals surface area contributed by atoms with Gasteiger partial charge in [-0.25, -0.2) is 0 Å². The Balaban J connectivity index is 2.02. The maximum absolute atomic E-state index is 5.19. The van der Waals surface area contributed by atoms with Crippen molar-refractivity contribution in [1.82, 2.24) is 5.32 Å². The lowest BCUT2D eigenvalue weighted by Crippen LogP contribution is -2.17. The van der Waals surface area contributed by atoms with Crippen molar-refractivity contribution < 1.29 is 4.74 Å². The molecule has 2 nitrogen and oxygen atoms in total. The van der Waals surface area contributed by atoms with Crippen LogP contribution in [0.25, 0.3) is 0 Å².